The third kappa shape index (κ3) is 2.51. The number of aromatic nitrogens is 1. The van der Waals surface area contributed by atoms with E-state index in [0.717, 1.165) is 18.5 Å². The zero-order valence-electron chi connectivity index (χ0n) is 10.7. The minimum Gasteiger partial charge on any atom is -0.443 e. The quantitative estimate of drug-likeness (QED) is 0.736. The minimum atomic E-state index is -0.549. The fourth-order valence-electron chi connectivity index (χ4n) is 2.06. The maximum Gasteiger partial charge on any atom is 0.419 e. The summed E-state index contributed by atoms with van der Waals surface area (Å²) in [5.74, 6) is 0.0965. The lowest BCUT2D eigenvalue weighted by molar-refractivity contribution is 0.0529. The molecule has 98 valence electrons. The van der Waals surface area contributed by atoms with Gasteiger partial charge in [-0.15, -0.1) is 0 Å². The molecule has 0 saturated carbocycles. The molecule has 0 saturated heterocycles. The number of ketones is 1. The van der Waals surface area contributed by atoms with Gasteiger partial charge in [-0.3, -0.25) is 4.79 Å². The molecular weight excluding hydrogens is 298 g/mol. The Morgan fingerprint density at radius 1 is 1.39 bits per heavy atom. The molecule has 1 heterocycles. The van der Waals surface area contributed by atoms with Gasteiger partial charge in [-0.05, 0) is 55.6 Å². The van der Waals surface area contributed by atoms with Crippen molar-refractivity contribution in [3.8, 4) is 0 Å². The van der Waals surface area contributed by atoms with E-state index in [1.54, 1.807) is 6.07 Å². The van der Waals surface area contributed by atoms with E-state index in [1.165, 1.54) is 4.57 Å². The molecular formula is C13H16BrNO3. The van der Waals surface area contributed by atoms with Gasteiger partial charge in [0, 0.05) is 17.7 Å². The molecule has 0 fully saturated rings. The second kappa shape index (κ2) is 4.53. The van der Waals surface area contributed by atoms with Crippen LogP contribution < -0.4 is 0 Å². The number of halogens is 1. The second-order valence-electron chi connectivity index (χ2n) is 5.42. The lowest BCUT2D eigenvalue weighted by atomic mass is 9.97. The van der Waals surface area contributed by atoms with Crippen molar-refractivity contribution in [1.29, 1.82) is 0 Å². The standard InChI is InChI=1S/C13H16BrNO3/c1-13(2,3)18-12(17)15-9-5-4-6-10(16)8(9)7-11(15)14/h7H,4-6H2,1-3H3. The van der Waals surface area contributed by atoms with Crippen LogP contribution in [0.5, 0.6) is 0 Å². The predicted octanol–water partition coefficient (Wildman–Crippen LogP) is 3.55. The summed E-state index contributed by atoms with van der Waals surface area (Å²) < 4.78 is 7.38. The molecule has 0 amide bonds. The molecule has 0 atom stereocenters. The van der Waals surface area contributed by atoms with Gasteiger partial charge in [-0.2, -0.15) is 0 Å². The Hall–Kier alpha value is -1.10. The summed E-state index contributed by atoms with van der Waals surface area (Å²) in [6, 6.07) is 1.71. The summed E-state index contributed by atoms with van der Waals surface area (Å²) >= 11 is 3.32. The Morgan fingerprint density at radius 2 is 2.06 bits per heavy atom. The van der Waals surface area contributed by atoms with E-state index in [9.17, 15) is 9.59 Å². The zero-order valence-corrected chi connectivity index (χ0v) is 12.3. The van der Waals surface area contributed by atoms with E-state index in [-0.39, 0.29) is 5.78 Å². The van der Waals surface area contributed by atoms with Gasteiger partial charge in [0.15, 0.2) is 5.78 Å². The number of hydrogen-bond acceptors (Lipinski definition) is 3. The first kappa shape index (κ1) is 13.3. The van der Waals surface area contributed by atoms with Crippen molar-refractivity contribution in [2.24, 2.45) is 0 Å². The van der Waals surface area contributed by atoms with Crippen molar-refractivity contribution in [1.82, 2.24) is 4.57 Å². The van der Waals surface area contributed by atoms with Gasteiger partial charge in [-0.25, -0.2) is 9.36 Å². The van der Waals surface area contributed by atoms with Gasteiger partial charge in [0.1, 0.15) is 5.60 Å². The zero-order chi connectivity index (χ0) is 13.5. The van der Waals surface area contributed by atoms with E-state index in [0.29, 0.717) is 16.6 Å². The lowest BCUT2D eigenvalue weighted by Crippen LogP contribution is -2.29. The largest absolute Gasteiger partial charge is 0.443 e. The van der Waals surface area contributed by atoms with E-state index in [2.05, 4.69) is 15.9 Å². The Morgan fingerprint density at radius 3 is 2.67 bits per heavy atom. The minimum absolute atomic E-state index is 0.0965. The molecule has 0 radical (unpaired) electrons. The molecule has 4 nitrogen and oxygen atoms in total. The van der Waals surface area contributed by atoms with Crippen LogP contribution in [-0.2, 0) is 11.2 Å². The number of fused-ring (bicyclic) bond motifs is 1. The molecule has 18 heavy (non-hydrogen) atoms. The third-order valence-electron chi connectivity index (χ3n) is 2.75. The maximum absolute atomic E-state index is 12.1. The third-order valence-corrected chi connectivity index (χ3v) is 3.34. The molecule has 0 N–H and O–H groups in total. The number of nitrogens with zero attached hydrogens (tertiary/aromatic N) is 1. The van der Waals surface area contributed by atoms with Gasteiger partial charge in [0.25, 0.3) is 0 Å². The van der Waals surface area contributed by atoms with Gasteiger partial charge >= 0.3 is 6.09 Å². The highest BCUT2D eigenvalue weighted by molar-refractivity contribution is 9.10. The molecule has 1 aliphatic rings. The number of ether oxygens (including phenoxy) is 1. The average molecular weight is 314 g/mol. The van der Waals surface area contributed by atoms with Gasteiger partial charge in [0.2, 0.25) is 0 Å². The molecule has 0 aliphatic heterocycles. The van der Waals surface area contributed by atoms with Crippen molar-refractivity contribution in [2.45, 2.75) is 45.6 Å². The highest BCUT2D eigenvalue weighted by Crippen LogP contribution is 2.28. The Labute approximate surface area is 114 Å². The van der Waals surface area contributed by atoms with E-state index >= 15 is 0 Å². The number of rotatable bonds is 0. The topological polar surface area (TPSA) is 48.3 Å². The number of Topliss-reactive ketones (excluding diaryl/α,β-unsaturated/α-hetero) is 1. The van der Waals surface area contributed by atoms with E-state index in [1.807, 2.05) is 20.8 Å². The van der Waals surface area contributed by atoms with Crippen molar-refractivity contribution < 1.29 is 14.3 Å². The smallest absolute Gasteiger partial charge is 0.419 e. The van der Waals surface area contributed by atoms with Crippen molar-refractivity contribution in [3.05, 3.63) is 21.9 Å². The van der Waals surface area contributed by atoms with Crippen LogP contribution in [0.1, 0.15) is 49.7 Å². The summed E-state index contributed by atoms with van der Waals surface area (Å²) in [5.41, 5.74) is 0.846. The van der Waals surface area contributed by atoms with Crippen LogP contribution in [0, 0.1) is 0 Å². The van der Waals surface area contributed by atoms with Crippen LogP contribution in [0.15, 0.2) is 10.7 Å². The Balaban J connectivity index is 2.40. The maximum atomic E-state index is 12.1. The van der Waals surface area contributed by atoms with Crippen molar-refractivity contribution >= 4 is 27.8 Å². The monoisotopic (exact) mass is 313 g/mol. The average Bonchev–Trinajstić information content (AvgIpc) is 2.53. The summed E-state index contributed by atoms with van der Waals surface area (Å²) in [5, 5.41) is 0. The van der Waals surface area contributed by atoms with Crippen LogP contribution in [0.2, 0.25) is 0 Å². The molecule has 1 aromatic rings. The molecule has 5 heteroatoms. The summed E-state index contributed by atoms with van der Waals surface area (Å²) in [4.78, 5) is 23.9. The number of carbonyl (C=O) groups excluding carboxylic acids is 2. The highest BCUT2D eigenvalue weighted by atomic mass is 79.9. The molecule has 0 unspecified atom stereocenters. The first-order chi connectivity index (χ1) is 8.29. The Kier molecular flexibility index (Phi) is 3.36. The molecule has 1 aliphatic carbocycles. The van der Waals surface area contributed by atoms with Crippen LogP contribution in [0.3, 0.4) is 0 Å². The number of hydrogen-bond donors (Lipinski definition) is 0. The first-order valence-electron chi connectivity index (χ1n) is 5.96. The molecule has 0 bridgehead atoms. The first-order valence-corrected chi connectivity index (χ1v) is 6.75. The summed E-state index contributed by atoms with van der Waals surface area (Å²) in [7, 11) is 0. The van der Waals surface area contributed by atoms with Crippen molar-refractivity contribution in [3.63, 3.8) is 0 Å². The SMILES string of the molecule is CC(C)(C)OC(=O)n1c(Br)cc2c1CCCC2=O. The van der Waals surface area contributed by atoms with Gasteiger partial charge in [0.05, 0.1) is 4.60 Å². The van der Waals surface area contributed by atoms with Crippen LogP contribution in [-0.4, -0.2) is 22.0 Å². The second-order valence-corrected chi connectivity index (χ2v) is 6.23. The van der Waals surface area contributed by atoms with Gasteiger partial charge in [-0.1, -0.05) is 0 Å². The Bertz CT molecular complexity index is 511. The van der Waals surface area contributed by atoms with E-state index < -0.39 is 11.7 Å². The van der Waals surface area contributed by atoms with Crippen molar-refractivity contribution in [2.75, 3.05) is 0 Å². The van der Waals surface area contributed by atoms with Crippen LogP contribution in [0.25, 0.3) is 0 Å². The summed E-state index contributed by atoms with van der Waals surface area (Å²) in [6.07, 6.45) is 1.62. The molecule has 0 spiro atoms. The lowest BCUT2D eigenvalue weighted by Gasteiger charge is -2.21. The van der Waals surface area contributed by atoms with Gasteiger partial charge < -0.3 is 4.74 Å². The highest BCUT2D eigenvalue weighted by Gasteiger charge is 2.28. The number of carbonyl (C=O) groups is 2. The van der Waals surface area contributed by atoms with Crippen LogP contribution in [0.4, 0.5) is 4.79 Å². The molecule has 0 aromatic carbocycles. The normalized spacial score (nSPS) is 15.4. The fourth-order valence-corrected chi connectivity index (χ4v) is 2.65. The summed E-state index contributed by atoms with van der Waals surface area (Å²) in [6.45, 7) is 5.46. The van der Waals surface area contributed by atoms with E-state index in [4.69, 9.17) is 4.74 Å². The fraction of sp³-hybridized carbons (Fsp3) is 0.538. The molecule has 2 rings (SSSR count). The predicted molar refractivity (Wildman–Crippen MR) is 71.0 cm³/mol. The molecule has 1 aromatic heterocycles. The van der Waals surface area contributed by atoms with Crippen LogP contribution >= 0.6 is 15.9 Å².